The van der Waals surface area contributed by atoms with Gasteiger partial charge in [-0.25, -0.2) is 0 Å². The lowest BCUT2D eigenvalue weighted by Crippen LogP contribution is -2.31. The summed E-state index contributed by atoms with van der Waals surface area (Å²) < 4.78 is 14.8. The molecule has 0 saturated carbocycles. The van der Waals surface area contributed by atoms with E-state index in [1.165, 1.54) is 11.8 Å². The highest BCUT2D eigenvalue weighted by Crippen LogP contribution is 2.40. The van der Waals surface area contributed by atoms with E-state index < -0.39 is 6.29 Å². The molecule has 0 aliphatic carbocycles. The van der Waals surface area contributed by atoms with Crippen LogP contribution in [0.2, 0.25) is 0 Å². The Bertz CT molecular complexity index is 2320. The number of para-hydroxylation sites is 2. The molecule has 7 rings (SSSR count). The number of nitrogens with one attached hydrogen (secondary N) is 2. The standard InChI is InChI=1S/C46H49N7O6S/c47-40-11-7-8-12-41(40)49-44(57)14-4-2-1-3-13-43(56)48-28-35-9-5-6-10-39(35)32-19-21-34(22-20-32)45-58-38(27-42(59-45)33-17-15-31(29-54)16-18-33)30-60-46-50-51-52-53(46)36-23-25-37(55)26-24-36/h5-12,15-26,38,42,45,54-55H,1-4,13-14,27-30,47H2,(H,48,56)(H,49,57). The Balaban J connectivity index is 0.935. The quantitative estimate of drug-likeness (QED) is 0.0321. The number of ether oxygens (including phenoxy) is 2. The van der Waals surface area contributed by atoms with Crippen molar-refractivity contribution in [3.63, 3.8) is 0 Å². The summed E-state index contributed by atoms with van der Waals surface area (Å²) in [6, 6.07) is 37.9. The lowest BCUT2D eigenvalue weighted by Gasteiger charge is -2.36. The molecule has 1 fully saturated rings. The van der Waals surface area contributed by atoms with Gasteiger partial charge < -0.3 is 36.1 Å². The van der Waals surface area contributed by atoms with Gasteiger partial charge in [-0.1, -0.05) is 110 Å². The van der Waals surface area contributed by atoms with Crippen molar-refractivity contribution in [3.8, 4) is 22.6 Å². The third kappa shape index (κ3) is 11.4. The van der Waals surface area contributed by atoms with Crippen LogP contribution in [-0.2, 0) is 32.2 Å². The molecule has 2 amide bonds. The number of tetrazole rings is 1. The number of nitrogens with two attached hydrogens (primary N) is 1. The molecule has 1 aliphatic rings. The van der Waals surface area contributed by atoms with Crippen LogP contribution < -0.4 is 16.4 Å². The van der Waals surface area contributed by atoms with Crippen LogP contribution >= 0.6 is 11.8 Å². The number of carbonyl (C=O) groups excluding carboxylic acids is 2. The number of rotatable bonds is 18. The number of phenols is 1. The highest BCUT2D eigenvalue weighted by atomic mass is 32.2. The second-order valence-electron chi connectivity index (χ2n) is 14.7. The molecule has 0 spiro atoms. The minimum absolute atomic E-state index is 0.00540. The number of hydrogen-bond acceptors (Lipinski definition) is 11. The highest BCUT2D eigenvalue weighted by Gasteiger charge is 2.33. The zero-order chi connectivity index (χ0) is 41.7. The number of carbonyl (C=O) groups is 2. The number of benzene rings is 5. The first kappa shape index (κ1) is 42.1. The molecule has 3 atom stereocenters. The van der Waals surface area contributed by atoms with E-state index in [1.54, 1.807) is 41.1 Å². The van der Waals surface area contributed by atoms with E-state index in [0.29, 0.717) is 48.1 Å². The minimum atomic E-state index is -0.644. The lowest BCUT2D eigenvalue weighted by atomic mass is 9.97. The Morgan fingerprint density at radius 3 is 2.25 bits per heavy atom. The number of aliphatic hydroxyl groups excluding tert-OH is 1. The Hall–Kier alpha value is -6.06. The summed E-state index contributed by atoms with van der Waals surface area (Å²) in [5.41, 5.74) is 13.5. The first-order valence-corrected chi connectivity index (χ1v) is 21.1. The van der Waals surface area contributed by atoms with Gasteiger partial charge in [-0.05, 0) is 87.5 Å². The topological polar surface area (TPSA) is 187 Å². The van der Waals surface area contributed by atoms with E-state index in [2.05, 4.69) is 32.2 Å². The zero-order valence-corrected chi connectivity index (χ0v) is 34.0. The van der Waals surface area contributed by atoms with E-state index >= 15 is 0 Å². The number of aliphatic hydroxyl groups is 1. The molecule has 14 heteroatoms. The number of phenolic OH excluding ortho intramolecular Hbond substituents is 1. The van der Waals surface area contributed by atoms with Crippen LogP contribution in [0.25, 0.3) is 16.8 Å². The summed E-state index contributed by atoms with van der Waals surface area (Å²) >= 11 is 1.48. The van der Waals surface area contributed by atoms with E-state index in [0.717, 1.165) is 64.8 Å². The van der Waals surface area contributed by atoms with Crippen molar-refractivity contribution < 1.29 is 29.3 Å². The maximum Gasteiger partial charge on any atom is 0.224 e. The van der Waals surface area contributed by atoms with Crippen molar-refractivity contribution in [2.75, 3.05) is 16.8 Å². The Morgan fingerprint density at radius 1 is 0.800 bits per heavy atom. The van der Waals surface area contributed by atoms with Gasteiger partial charge in [-0.3, -0.25) is 9.59 Å². The molecule has 1 aliphatic heterocycles. The molecule has 3 unspecified atom stereocenters. The zero-order valence-electron chi connectivity index (χ0n) is 33.2. The van der Waals surface area contributed by atoms with E-state index in [9.17, 15) is 19.8 Å². The predicted octanol–water partition coefficient (Wildman–Crippen LogP) is 8.04. The number of nitrogens with zero attached hydrogens (tertiary/aromatic N) is 4. The van der Waals surface area contributed by atoms with Gasteiger partial charge in [0, 0.05) is 37.1 Å². The summed E-state index contributed by atoms with van der Waals surface area (Å²) in [5.74, 6) is 0.654. The van der Waals surface area contributed by atoms with Gasteiger partial charge in [-0.15, -0.1) is 5.10 Å². The van der Waals surface area contributed by atoms with Crippen molar-refractivity contribution in [1.82, 2.24) is 25.5 Å². The molecule has 310 valence electrons. The Labute approximate surface area is 353 Å². The number of unbranched alkanes of at least 4 members (excludes halogenated alkanes) is 3. The maximum atomic E-state index is 12.8. The Kier molecular flexibility index (Phi) is 14.6. The second kappa shape index (κ2) is 20.8. The summed E-state index contributed by atoms with van der Waals surface area (Å²) in [6.45, 7) is 0.367. The fraction of sp³-hybridized carbons (Fsp3) is 0.283. The minimum Gasteiger partial charge on any atom is -0.508 e. The number of anilines is 2. The average Bonchev–Trinajstić information content (AvgIpc) is 3.76. The molecule has 6 aromatic rings. The van der Waals surface area contributed by atoms with Crippen LogP contribution in [-0.4, -0.2) is 54.1 Å². The van der Waals surface area contributed by atoms with Gasteiger partial charge in [0.05, 0.1) is 35.9 Å². The van der Waals surface area contributed by atoms with Gasteiger partial charge in [0.25, 0.3) is 0 Å². The fourth-order valence-electron chi connectivity index (χ4n) is 7.02. The van der Waals surface area contributed by atoms with Gasteiger partial charge in [0.2, 0.25) is 17.0 Å². The monoisotopic (exact) mass is 827 g/mol. The van der Waals surface area contributed by atoms with Crippen LogP contribution in [0.5, 0.6) is 5.75 Å². The number of nitrogen functional groups attached to an aromatic ring is 1. The SMILES string of the molecule is Nc1ccccc1NC(=O)CCCCCCC(=O)NCc1ccccc1-c1ccc(C2OC(CSc3nnnn3-c3ccc(O)cc3)CC(c3ccc(CO)cc3)O2)cc1. The molecular formula is C46H49N7O6S. The predicted molar refractivity (Wildman–Crippen MR) is 231 cm³/mol. The van der Waals surface area contributed by atoms with Gasteiger partial charge in [0.15, 0.2) is 6.29 Å². The van der Waals surface area contributed by atoms with Gasteiger partial charge in [0.1, 0.15) is 5.75 Å². The summed E-state index contributed by atoms with van der Waals surface area (Å²) in [6.07, 6.45) is 3.55. The van der Waals surface area contributed by atoms with Crippen molar-refractivity contribution >= 4 is 35.0 Å². The van der Waals surface area contributed by atoms with Crippen molar-refractivity contribution in [3.05, 3.63) is 144 Å². The molecule has 0 bridgehead atoms. The van der Waals surface area contributed by atoms with Crippen molar-refractivity contribution in [1.29, 1.82) is 0 Å². The fourth-order valence-corrected chi connectivity index (χ4v) is 7.93. The first-order valence-electron chi connectivity index (χ1n) is 20.1. The molecule has 60 heavy (non-hydrogen) atoms. The van der Waals surface area contributed by atoms with E-state index in [4.69, 9.17) is 15.2 Å². The van der Waals surface area contributed by atoms with Crippen molar-refractivity contribution in [2.24, 2.45) is 0 Å². The van der Waals surface area contributed by atoms with Crippen LogP contribution in [0, 0.1) is 0 Å². The van der Waals surface area contributed by atoms with E-state index in [1.807, 2.05) is 78.9 Å². The third-order valence-corrected chi connectivity index (χ3v) is 11.4. The van der Waals surface area contributed by atoms with Crippen LogP contribution in [0.15, 0.2) is 126 Å². The number of hydrogen-bond donors (Lipinski definition) is 5. The second-order valence-corrected chi connectivity index (χ2v) is 15.6. The number of aromatic hydroxyl groups is 1. The molecule has 13 nitrogen and oxygen atoms in total. The summed E-state index contributed by atoms with van der Waals surface area (Å²) in [7, 11) is 0. The first-order chi connectivity index (χ1) is 29.3. The molecule has 1 saturated heterocycles. The van der Waals surface area contributed by atoms with Crippen LogP contribution in [0.3, 0.4) is 0 Å². The smallest absolute Gasteiger partial charge is 0.224 e. The Morgan fingerprint density at radius 2 is 1.50 bits per heavy atom. The van der Waals surface area contributed by atoms with Crippen LogP contribution in [0.4, 0.5) is 11.4 Å². The molecule has 1 aromatic heterocycles. The number of thioether (sulfide) groups is 1. The normalized spacial score (nSPS) is 16.3. The van der Waals surface area contributed by atoms with Crippen LogP contribution in [0.1, 0.15) is 79.6 Å². The molecular weight excluding hydrogens is 779 g/mol. The largest absolute Gasteiger partial charge is 0.508 e. The lowest BCUT2D eigenvalue weighted by molar-refractivity contribution is -0.245. The molecule has 0 radical (unpaired) electrons. The van der Waals surface area contributed by atoms with Gasteiger partial charge in [-0.2, -0.15) is 4.68 Å². The summed E-state index contributed by atoms with van der Waals surface area (Å²) in [4.78, 5) is 25.1. The summed E-state index contributed by atoms with van der Waals surface area (Å²) in [5, 5.41) is 38.2. The van der Waals surface area contributed by atoms with Crippen molar-refractivity contribution in [2.45, 2.75) is 81.8 Å². The average molecular weight is 828 g/mol. The third-order valence-electron chi connectivity index (χ3n) is 10.3. The van der Waals surface area contributed by atoms with E-state index in [-0.39, 0.29) is 36.4 Å². The maximum absolute atomic E-state index is 12.8. The van der Waals surface area contributed by atoms with Gasteiger partial charge >= 0.3 is 0 Å². The molecule has 2 heterocycles. The number of aromatic nitrogens is 4. The molecule has 6 N–H and O–H groups in total. The number of amides is 2. The molecule has 5 aromatic carbocycles. The highest BCUT2D eigenvalue weighted by molar-refractivity contribution is 7.99.